The first-order valence-electron chi connectivity index (χ1n) is 3.87. The van der Waals surface area contributed by atoms with Crippen LogP contribution in [0.1, 0.15) is 23.1 Å². The molecule has 6 heteroatoms. The van der Waals surface area contributed by atoms with Crippen molar-refractivity contribution in [1.82, 2.24) is 4.98 Å². The van der Waals surface area contributed by atoms with Gasteiger partial charge in [0.15, 0.2) is 0 Å². The number of nitrogens with zero attached hydrogens (tertiary/aromatic N) is 1. The molecule has 78 valence electrons. The minimum atomic E-state index is -2.66. The molecule has 3 N–H and O–H groups in total. The third-order valence-electron chi connectivity index (χ3n) is 1.85. The molecular formula is C8H9BrF2N2O. The van der Waals surface area contributed by atoms with Gasteiger partial charge in [0.05, 0.1) is 6.61 Å². The molecule has 1 aromatic rings. The Labute approximate surface area is 88.1 Å². The molecule has 0 aromatic carbocycles. The van der Waals surface area contributed by atoms with Crippen molar-refractivity contribution in [3.63, 3.8) is 0 Å². The summed E-state index contributed by atoms with van der Waals surface area (Å²) in [6.45, 7) is -0.506. The second-order valence-corrected chi connectivity index (χ2v) is 3.38. The first-order chi connectivity index (χ1) is 6.61. The van der Waals surface area contributed by atoms with Gasteiger partial charge in [-0.3, -0.25) is 0 Å². The number of aliphatic hydroxyl groups excluding tert-OH is 1. The highest BCUT2D eigenvalue weighted by atomic mass is 79.9. The molecule has 1 rings (SSSR count). The lowest BCUT2D eigenvalue weighted by Crippen LogP contribution is -2.07. The lowest BCUT2D eigenvalue weighted by atomic mass is 10.1. The molecule has 0 atom stereocenters. The molecule has 1 heterocycles. The molecule has 3 nitrogen and oxygen atoms in total. The van der Waals surface area contributed by atoms with Crippen LogP contribution in [0.15, 0.2) is 10.8 Å². The van der Waals surface area contributed by atoms with E-state index in [1.807, 2.05) is 0 Å². The Bertz CT molecular complexity index is 333. The predicted octanol–water partition coefficient (Wildman–Crippen LogP) is 1.73. The number of rotatable bonds is 3. The number of pyridine rings is 1. The summed E-state index contributed by atoms with van der Waals surface area (Å²) < 4.78 is 25.5. The molecule has 0 aliphatic rings. The summed E-state index contributed by atoms with van der Waals surface area (Å²) in [6.07, 6.45) is -1.37. The molecule has 0 radical (unpaired) electrons. The Hall–Kier alpha value is -0.590. The van der Waals surface area contributed by atoms with Crippen molar-refractivity contribution in [3.8, 4) is 0 Å². The Morgan fingerprint density at radius 2 is 2.21 bits per heavy atom. The Balaban J connectivity index is 3.36. The van der Waals surface area contributed by atoms with Gasteiger partial charge in [-0.2, -0.15) is 0 Å². The van der Waals surface area contributed by atoms with E-state index in [-0.39, 0.29) is 27.8 Å². The maximum atomic E-state index is 12.6. The first-order valence-corrected chi connectivity index (χ1v) is 4.66. The summed E-state index contributed by atoms with van der Waals surface area (Å²) in [6, 6.07) is 0. The summed E-state index contributed by atoms with van der Waals surface area (Å²) >= 11 is 2.99. The van der Waals surface area contributed by atoms with Crippen molar-refractivity contribution >= 4 is 15.9 Å². The molecule has 0 amide bonds. The SMILES string of the molecule is NCc1cnc(Br)c(CO)c1C(F)F. The number of alkyl halides is 2. The maximum absolute atomic E-state index is 12.6. The minimum absolute atomic E-state index is 0.0209. The van der Waals surface area contributed by atoms with E-state index < -0.39 is 13.0 Å². The van der Waals surface area contributed by atoms with Crippen LogP contribution in [0.3, 0.4) is 0 Å². The molecule has 0 saturated carbocycles. The van der Waals surface area contributed by atoms with Crippen LogP contribution in [0, 0.1) is 0 Å². The minimum Gasteiger partial charge on any atom is -0.392 e. The van der Waals surface area contributed by atoms with Gasteiger partial charge in [0.25, 0.3) is 6.43 Å². The van der Waals surface area contributed by atoms with Crippen LogP contribution in [0.2, 0.25) is 0 Å². The average Bonchev–Trinajstić information content (AvgIpc) is 2.17. The van der Waals surface area contributed by atoms with E-state index in [4.69, 9.17) is 10.8 Å². The summed E-state index contributed by atoms with van der Waals surface area (Å²) in [4.78, 5) is 3.81. The third kappa shape index (κ3) is 2.08. The van der Waals surface area contributed by atoms with E-state index in [0.717, 1.165) is 0 Å². The summed E-state index contributed by atoms with van der Waals surface area (Å²) in [5.74, 6) is 0. The number of aliphatic hydroxyl groups is 1. The highest BCUT2D eigenvalue weighted by Gasteiger charge is 2.19. The van der Waals surface area contributed by atoms with Gasteiger partial charge in [-0.15, -0.1) is 0 Å². The van der Waals surface area contributed by atoms with Crippen LogP contribution in [0.25, 0.3) is 0 Å². The van der Waals surface area contributed by atoms with Crippen molar-refractivity contribution in [3.05, 3.63) is 27.5 Å². The normalized spacial score (nSPS) is 11.0. The van der Waals surface area contributed by atoms with Crippen molar-refractivity contribution in [2.24, 2.45) is 5.73 Å². The zero-order chi connectivity index (χ0) is 10.7. The van der Waals surface area contributed by atoms with E-state index in [1.165, 1.54) is 6.20 Å². The number of hydrogen-bond donors (Lipinski definition) is 2. The lowest BCUT2D eigenvalue weighted by Gasteiger charge is -2.12. The number of hydrogen-bond acceptors (Lipinski definition) is 3. The monoisotopic (exact) mass is 266 g/mol. The van der Waals surface area contributed by atoms with E-state index in [0.29, 0.717) is 0 Å². The van der Waals surface area contributed by atoms with Crippen molar-refractivity contribution in [2.75, 3.05) is 0 Å². The molecule has 0 fully saturated rings. The quantitative estimate of drug-likeness (QED) is 0.820. The van der Waals surface area contributed by atoms with E-state index in [1.54, 1.807) is 0 Å². The molecule has 1 aromatic heterocycles. The highest BCUT2D eigenvalue weighted by molar-refractivity contribution is 9.10. The molecule has 0 spiro atoms. The maximum Gasteiger partial charge on any atom is 0.264 e. The van der Waals surface area contributed by atoms with E-state index >= 15 is 0 Å². The first kappa shape index (κ1) is 11.5. The lowest BCUT2D eigenvalue weighted by molar-refractivity contribution is 0.145. The van der Waals surface area contributed by atoms with Gasteiger partial charge in [0, 0.05) is 23.9 Å². The topological polar surface area (TPSA) is 59.1 Å². The smallest absolute Gasteiger partial charge is 0.264 e. The van der Waals surface area contributed by atoms with Gasteiger partial charge in [0.2, 0.25) is 0 Å². The zero-order valence-electron chi connectivity index (χ0n) is 7.17. The van der Waals surface area contributed by atoms with Gasteiger partial charge in [0.1, 0.15) is 4.60 Å². The van der Waals surface area contributed by atoms with Crippen LogP contribution in [-0.4, -0.2) is 10.1 Å². The Morgan fingerprint density at radius 1 is 1.57 bits per heavy atom. The average molecular weight is 267 g/mol. The summed E-state index contributed by atoms with van der Waals surface area (Å²) in [5.41, 5.74) is 5.42. The van der Waals surface area contributed by atoms with Gasteiger partial charge in [-0.25, -0.2) is 13.8 Å². The van der Waals surface area contributed by atoms with Crippen LogP contribution in [0.5, 0.6) is 0 Å². The van der Waals surface area contributed by atoms with Crippen molar-refractivity contribution in [1.29, 1.82) is 0 Å². The van der Waals surface area contributed by atoms with Gasteiger partial charge in [-0.1, -0.05) is 0 Å². The predicted molar refractivity (Wildman–Crippen MR) is 50.7 cm³/mol. The van der Waals surface area contributed by atoms with E-state index in [2.05, 4.69) is 20.9 Å². The fourth-order valence-corrected chi connectivity index (χ4v) is 1.61. The van der Waals surface area contributed by atoms with Gasteiger partial charge < -0.3 is 10.8 Å². The molecule has 14 heavy (non-hydrogen) atoms. The second kappa shape index (κ2) is 4.77. The Morgan fingerprint density at radius 3 is 2.64 bits per heavy atom. The molecule has 0 saturated heterocycles. The fraction of sp³-hybridized carbons (Fsp3) is 0.375. The molecule has 0 bridgehead atoms. The van der Waals surface area contributed by atoms with Gasteiger partial charge >= 0.3 is 0 Å². The molecular weight excluding hydrogens is 258 g/mol. The number of nitrogens with two attached hydrogens (primary N) is 1. The summed E-state index contributed by atoms with van der Waals surface area (Å²) in [7, 11) is 0. The van der Waals surface area contributed by atoms with Gasteiger partial charge in [-0.05, 0) is 21.5 Å². The second-order valence-electron chi connectivity index (χ2n) is 2.63. The van der Waals surface area contributed by atoms with Crippen molar-refractivity contribution in [2.45, 2.75) is 19.6 Å². The molecule has 0 aliphatic carbocycles. The largest absolute Gasteiger partial charge is 0.392 e. The third-order valence-corrected chi connectivity index (χ3v) is 2.53. The standard InChI is InChI=1S/C8H9BrF2N2O/c9-7-5(3-14)6(8(10)11)4(1-12)2-13-7/h2,8,14H,1,3,12H2. The van der Waals surface area contributed by atoms with Crippen molar-refractivity contribution < 1.29 is 13.9 Å². The zero-order valence-corrected chi connectivity index (χ0v) is 8.76. The van der Waals surface area contributed by atoms with E-state index in [9.17, 15) is 8.78 Å². The molecule has 0 aliphatic heterocycles. The highest BCUT2D eigenvalue weighted by Crippen LogP contribution is 2.30. The number of aromatic nitrogens is 1. The van der Waals surface area contributed by atoms with Crippen LogP contribution in [-0.2, 0) is 13.2 Å². The number of halogens is 3. The van der Waals surface area contributed by atoms with Crippen LogP contribution >= 0.6 is 15.9 Å². The van der Waals surface area contributed by atoms with Crippen LogP contribution < -0.4 is 5.73 Å². The van der Waals surface area contributed by atoms with Crippen LogP contribution in [0.4, 0.5) is 8.78 Å². The molecule has 0 unspecified atom stereocenters. The summed E-state index contributed by atoms with van der Waals surface area (Å²) in [5, 5.41) is 8.92. The Kier molecular flexibility index (Phi) is 3.91. The fourth-order valence-electron chi connectivity index (χ4n) is 1.17.